The summed E-state index contributed by atoms with van der Waals surface area (Å²) < 4.78 is 13.0. The second-order valence-corrected chi connectivity index (χ2v) is 5.78. The van der Waals surface area contributed by atoms with Crippen LogP contribution in [0.1, 0.15) is 27.2 Å². The number of hydrogen-bond acceptors (Lipinski definition) is 3. The van der Waals surface area contributed by atoms with E-state index in [0.717, 1.165) is 11.1 Å². The maximum atomic E-state index is 13.0. The van der Waals surface area contributed by atoms with E-state index in [1.54, 1.807) is 36.4 Å². The topological polar surface area (TPSA) is 66.0 Å². The molecule has 0 amide bonds. The average Bonchev–Trinajstić information content (AvgIpc) is 3.08. The minimum atomic E-state index is -0.301. The molecule has 3 aromatic rings. The van der Waals surface area contributed by atoms with Gasteiger partial charge < -0.3 is 5.11 Å². The highest BCUT2D eigenvalue weighted by atomic mass is 19.1. The Morgan fingerprint density at radius 3 is 2.68 bits per heavy atom. The van der Waals surface area contributed by atoms with Crippen LogP contribution in [0.25, 0.3) is 17.3 Å². The molecule has 3 rings (SSSR count). The maximum Gasteiger partial charge on any atom is 0.185 e. The first-order valence-electron chi connectivity index (χ1n) is 7.80. The molecule has 1 aromatic heterocycles. The highest BCUT2D eigenvalue weighted by molar-refractivity contribution is 6.07. The third kappa shape index (κ3) is 4.08. The van der Waals surface area contributed by atoms with Crippen LogP contribution >= 0.6 is 0 Å². The van der Waals surface area contributed by atoms with E-state index in [0.29, 0.717) is 22.5 Å². The van der Waals surface area contributed by atoms with E-state index in [-0.39, 0.29) is 18.2 Å². The maximum absolute atomic E-state index is 13.0. The zero-order chi connectivity index (χ0) is 17.8. The first-order valence-corrected chi connectivity index (χ1v) is 7.80. The number of nitrogens with zero attached hydrogens (tertiary/aromatic N) is 1. The molecule has 0 bridgehead atoms. The number of halogens is 1. The van der Waals surface area contributed by atoms with Gasteiger partial charge in [-0.25, -0.2) is 4.39 Å². The number of H-pyrrole nitrogens is 1. The fraction of sp³-hybridized carbons (Fsp3) is 0.100. The number of carbonyl (C=O) groups excluding carboxylic acids is 1. The van der Waals surface area contributed by atoms with E-state index >= 15 is 0 Å². The van der Waals surface area contributed by atoms with Crippen LogP contribution in [0.5, 0.6) is 0 Å². The van der Waals surface area contributed by atoms with Gasteiger partial charge in [-0.2, -0.15) is 5.10 Å². The number of aromatic amines is 1. The van der Waals surface area contributed by atoms with Crippen molar-refractivity contribution in [3.63, 3.8) is 0 Å². The molecule has 0 saturated carbocycles. The van der Waals surface area contributed by atoms with Gasteiger partial charge in [-0.05, 0) is 67.1 Å². The highest BCUT2D eigenvalue weighted by Crippen LogP contribution is 2.19. The van der Waals surface area contributed by atoms with Crippen molar-refractivity contribution >= 4 is 11.9 Å². The Labute approximate surface area is 144 Å². The zero-order valence-corrected chi connectivity index (χ0v) is 13.7. The van der Waals surface area contributed by atoms with Gasteiger partial charge in [-0.3, -0.25) is 9.89 Å². The Morgan fingerprint density at radius 1 is 1.20 bits per heavy atom. The molecule has 0 radical (unpaired) electrons. The molecule has 5 heteroatoms. The molecule has 0 aliphatic heterocycles. The van der Waals surface area contributed by atoms with Crippen molar-refractivity contribution in [2.75, 3.05) is 0 Å². The number of carbonyl (C=O) groups is 1. The van der Waals surface area contributed by atoms with Crippen LogP contribution < -0.4 is 0 Å². The number of benzene rings is 2. The van der Waals surface area contributed by atoms with E-state index in [2.05, 4.69) is 10.2 Å². The van der Waals surface area contributed by atoms with E-state index in [1.165, 1.54) is 18.2 Å². The lowest BCUT2D eigenvalue weighted by molar-refractivity contribution is 0.104. The molecule has 0 aliphatic rings. The molecule has 0 fully saturated rings. The molecule has 2 aromatic carbocycles. The van der Waals surface area contributed by atoms with Gasteiger partial charge in [0, 0.05) is 11.1 Å². The summed E-state index contributed by atoms with van der Waals surface area (Å²) in [5, 5.41) is 16.2. The van der Waals surface area contributed by atoms with Crippen molar-refractivity contribution in [1.82, 2.24) is 10.2 Å². The predicted octanol–water partition coefficient (Wildman–Crippen LogP) is 3.91. The van der Waals surface area contributed by atoms with Crippen molar-refractivity contribution < 1.29 is 14.3 Å². The molecule has 2 N–H and O–H groups in total. The van der Waals surface area contributed by atoms with E-state index in [1.807, 2.05) is 13.0 Å². The normalized spacial score (nSPS) is 11.2. The summed E-state index contributed by atoms with van der Waals surface area (Å²) >= 11 is 0. The summed E-state index contributed by atoms with van der Waals surface area (Å²) in [4.78, 5) is 12.3. The minimum absolute atomic E-state index is 0.104. The van der Waals surface area contributed by atoms with Crippen molar-refractivity contribution in [3.05, 3.63) is 82.8 Å². The van der Waals surface area contributed by atoms with Gasteiger partial charge in [0.05, 0.1) is 18.0 Å². The lowest BCUT2D eigenvalue weighted by Gasteiger charge is -2.02. The molecule has 0 saturated heterocycles. The average molecular weight is 336 g/mol. The Balaban J connectivity index is 1.77. The van der Waals surface area contributed by atoms with Crippen molar-refractivity contribution in [2.24, 2.45) is 0 Å². The third-order valence-electron chi connectivity index (χ3n) is 3.76. The molecule has 126 valence electrons. The largest absolute Gasteiger partial charge is 0.392 e. The Bertz CT molecular complexity index is 927. The van der Waals surface area contributed by atoms with Crippen LogP contribution in [-0.4, -0.2) is 21.1 Å². The third-order valence-corrected chi connectivity index (χ3v) is 3.76. The molecule has 0 aliphatic carbocycles. The summed E-state index contributed by atoms with van der Waals surface area (Å²) in [5.74, 6) is -0.457. The molecular weight excluding hydrogens is 319 g/mol. The number of ketones is 1. The first kappa shape index (κ1) is 16.8. The Morgan fingerprint density at radius 2 is 1.96 bits per heavy atom. The van der Waals surface area contributed by atoms with Crippen molar-refractivity contribution in [2.45, 2.75) is 13.5 Å². The van der Waals surface area contributed by atoms with Gasteiger partial charge in [-0.1, -0.05) is 11.6 Å². The summed E-state index contributed by atoms with van der Waals surface area (Å²) in [5.41, 5.74) is 4.28. The number of rotatable bonds is 5. The smallest absolute Gasteiger partial charge is 0.185 e. The summed E-state index contributed by atoms with van der Waals surface area (Å²) in [6, 6.07) is 13.1. The van der Waals surface area contributed by atoms with Crippen LogP contribution in [-0.2, 0) is 6.61 Å². The molecule has 0 atom stereocenters. The van der Waals surface area contributed by atoms with Crippen LogP contribution in [0, 0.1) is 12.7 Å². The fourth-order valence-electron chi connectivity index (χ4n) is 2.55. The minimum Gasteiger partial charge on any atom is -0.392 e. The molecule has 4 nitrogen and oxygen atoms in total. The highest BCUT2D eigenvalue weighted by Gasteiger charge is 2.06. The predicted molar refractivity (Wildman–Crippen MR) is 94.4 cm³/mol. The molecule has 25 heavy (non-hydrogen) atoms. The van der Waals surface area contributed by atoms with Crippen LogP contribution in [0.4, 0.5) is 4.39 Å². The lowest BCUT2D eigenvalue weighted by Crippen LogP contribution is -1.97. The summed E-state index contributed by atoms with van der Waals surface area (Å²) in [6.45, 7) is 1.77. The SMILES string of the molecule is Cc1cc(CO)cc(C(=O)/C=C/c2cc(-c3ccc(F)cc3)n[nH]2)c1. The van der Waals surface area contributed by atoms with Gasteiger partial charge in [0.25, 0.3) is 0 Å². The van der Waals surface area contributed by atoms with Gasteiger partial charge >= 0.3 is 0 Å². The fourth-order valence-corrected chi connectivity index (χ4v) is 2.55. The first-order chi connectivity index (χ1) is 12.0. The monoisotopic (exact) mass is 336 g/mol. The zero-order valence-electron chi connectivity index (χ0n) is 13.7. The number of allylic oxidation sites excluding steroid dienone is 1. The van der Waals surface area contributed by atoms with E-state index < -0.39 is 0 Å². The van der Waals surface area contributed by atoms with Gasteiger partial charge in [0.1, 0.15) is 5.82 Å². The van der Waals surface area contributed by atoms with Gasteiger partial charge in [-0.15, -0.1) is 0 Å². The van der Waals surface area contributed by atoms with E-state index in [9.17, 15) is 14.3 Å². The molecular formula is C20H17FN2O2. The number of aryl methyl sites for hydroxylation is 1. The molecule has 1 heterocycles. The van der Waals surface area contributed by atoms with Gasteiger partial charge in [0.15, 0.2) is 5.78 Å². The van der Waals surface area contributed by atoms with Crippen molar-refractivity contribution in [3.8, 4) is 11.3 Å². The molecule has 0 spiro atoms. The number of hydrogen-bond donors (Lipinski definition) is 2. The van der Waals surface area contributed by atoms with Crippen LogP contribution in [0.15, 0.2) is 54.6 Å². The second kappa shape index (κ2) is 7.23. The Kier molecular flexibility index (Phi) is 4.86. The second-order valence-electron chi connectivity index (χ2n) is 5.78. The molecule has 0 unspecified atom stereocenters. The number of aliphatic hydroxyl groups excluding tert-OH is 1. The standard InChI is InChI=1S/C20H17FN2O2/c1-13-8-14(12-24)10-16(9-13)20(25)7-6-18-11-19(23-22-18)15-2-4-17(21)5-3-15/h2-11,24H,12H2,1H3,(H,22,23)/b7-6+. The summed E-state index contributed by atoms with van der Waals surface area (Å²) in [6.07, 6.45) is 3.10. The number of nitrogens with one attached hydrogen (secondary N) is 1. The quantitative estimate of drug-likeness (QED) is 0.548. The summed E-state index contributed by atoms with van der Waals surface area (Å²) in [7, 11) is 0. The lowest BCUT2D eigenvalue weighted by atomic mass is 10.0. The van der Waals surface area contributed by atoms with Crippen LogP contribution in [0.3, 0.4) is 0 Å². The van der Waals surface area contributed by atoms with Crippen LogP contribution in [0.2, 0.25) is 0 Å². The number of aromatic nitrogens is 2. The Hall–Kier alpha value is -3.05. The van der Waals surface area contributed by atoms with Crippen molar-refractivity contribution in [1.29, 1.82) is 0 Å². The van der Waals surface area contributed by atoms with E-state index in [4.69, 9.17) is 0 Å². The number of aliphatic hydroxyl groups is 1. The van der Waals surface area contributed by atoms with Gasteiger partial charge in [0.2, 0.25) is 0 Å².